The first-order valence-corrected chi connectivity index (χ1v) is 6.87. The third-order valence-corrected chi connectivity index (χ3v) is 3.53. The molecule has 0 aliphatic carbocycles. The molecule has 3 rings (SSSR count). The number of aryl methyl sites for hydroxylation is 2. The summed E-state index contributed by atoms with van der Waals surface area (Å²) in [6, 6.07) is 12.7. The van der Waals surface area contributed by atoms with E-state index in [2.05, 4.69) is 10.3 Å². The number of carbonyl (C=O) groups is 1. The third kappa shape index (κ3) is 2.76. The molecule has 0 saturated carbocycles. The highest BCUT2D eigenvalue weighted by Gasteiger charge is 2.09. The molecule has 22 heavy (non-hydrogen) atoms. The van der Waals surface area contributed by atoms with Gasteiger partial charge < -0.3 is 9.84 Å². The fourth-order valence-corrected chi connectivity index (χ4v) is 2.30. The fourth-order valence-electron chi connectivity index (χ4n) is 2.30. The van der Waals surface area contributed by atoms with Crippen LogP contribution in [-0.2, 0) is 13.0 Å². The summed E-state index contributed by atoms with van der Waals surface area (Å²) in [5, 5.41) is 17.1. The molecular weight excluding hydrogens is 282 g/mol. The van der Waals surface area contributed by atoms with Crippen LogP contribution in [0.3, 0.4) is 0 Å². The molecule has 0 radical (unpaired) electrons. The van der Waals surface area contributed by atoms with Crippen molar-refractivity contribution in [2.45, 2.75) is 13.0 Å². The van der Waals surface area contributed by atoms with Gasteiger partial charge in [0.2, 0.25) is 0 Å². The number of carboxylic acid groups (broad SMARTS) is 1. The Bertz CT molecular complexity index is 809. The lowest BCUT2D eigenvalue weighted by Gasteiger charge is -2.04. The second-order valence-electron chi connectivity index (χ2n) is 4.92. The molecule has 0 spiro atoms. The summed E-state index contributed by atoms with van der Waals surface area (Å²) in [5.41, 5.74) is 2.81. The molecule has 1 aromatic heterocycles. The van der Waals surface area contributed by atoms with E-state index in [9.17, 15) is 4.79 Å². The minimum atomic E-state index is -0.963. The van der Waals surface area contributed by atoms with Crippen molar-refractivity contribution in [3.8, 4) is 5.75 Å². The number of aromatic carboxylic acids is 1. The Morgan fingerprint density at radius 2 is 2.00 bits per heavy atom. The van der Waals surface area contributed by atoms with E-state index in [-0.39, 0.29) is 5.56 Å². The van der Waals surface area contributed by atoms with Crippen LogP contribution < -0.4 is 4.74 Å². The Labute approximate surface area is 126 Å². The van der Waals surface area contributed by atoms with Crippen molar-refractivity contribution < 1.29 is 14.6 Å². The molecule has 6 heteroatoms. The van der Waals surface area contributed by atoms with E-state index in [1.807, 2.05) is 24.3 Å². The van der Waals surface area contributed by atoms with Gasteiger partial charge in [0.15, 0.2) is 0 Å². The van der Waals surface area contributed by atoms with E-state index in [4.69, 9.17) is 9.84 Å². The lowest BCUT2D eigenvalue weighted by molar-refractivity contribution is 0.0697. The van der Waals surface area contributed by atoms with Crippen LogP contribution in [0.25, 0.3) is 11.0 Å². The van der Waals surface area contributed by atoms with Gasteiger partial charge in [-0.2, -0.15) is 0 Å². The van der Waals surface area contributed by atoms with Crippen molar-refractivity contribution in [2.24, 2.45) is 0 Å². The van der Waals surface area contributed by atoms with Gasteiger partial charge >= 0.3 is 5.97 Å². The molecule has 0 aliphatic heterocycles. The van der Waals surface area contributed by atoms with E-state index in [1.165, 1.54) is 11.6 Å². The summed E-state index contributed by atoms with van der Waals surface area (Å²) >= 11 is 0. The molecule has 1 heterocycles. The van der Waals surface area contributed by atoms with Crippen LogP contribution in [0.4, 0.5) is 0 Å². The normalized spacial score (nSPS) is 10.8. The highest BCUT2D eigenvalue weighted by atomic mass is 16.5. The first-order valence-electron chi connectivity index (χ1n) is 6.87. The number of fused-ring (bicyclic) bond motifs is 1. The quantitative estimate of drug-likeness (QED) is 0.782. The first kappa shape index (κ1) is 14.1. The number of hydrogen-bond donors (Lipinski definition) is 1. The van der Waals surface area contributed by atoms with E-state index in [0.717, 1.165) is 17.7 Å². The van der Waals surface area contributed by atoms with Crippen molar-refractivity contribution in [3.05, 3.63) is 53.6 Å². The van der Waals surface area contributed by atoms with Crippen molar-refractivity contribution in [3.63, 3.8) is 0 Å². The average Bonchev–Trinajstić information content (AvgIpc) is 2.95. The van der Waals surface area contributed by atoms with Gasteiger partial charge in [-0.05, 0) is 42.3 Å². The smallest absolute Gasteiger partial charge is 0.335 e. The number of aromatic nitrogens is 3. The van der Waals surface area contributed by atoms with E-state index in [0.29, 0.717) is 12.1 Å². The van der Waals surface area contributed by atoms with Crippen LogP contribution in [0.15, 0.2) is 42.5 Å². The second-order valence-corrected chi connectivity index (χ2v) is 4.92. The standard InChI is InChI=1S/C16H15N3O3/c1-22-13-5-2-11(3-6-13)8-9-19-15-7-4-12(16(20)21)10-14(15)17-18-19/h2-7,10H,8-9H2,1H3,(H,20,21). The van der Waals surface area contributed by atoms with Crippen LogP contribution in [0, 0.1) is 0 Å². The summed E-state index contributed by atoms with van der Waals surface area (Å²) in [6.07, 6.45) is 0.809. The number of ether oxygens (including phenoxy) is 1. The van der Waals surface area contributed by atoms with Gasteiger partial charge in [0.25, 0.3) is 0 Å². The SMILES string of the molecule is COc1ccc(CCn2nnc3cc(C(=O)O)ccc32)cc1. The maximum Gasteiger partial charge on any atom is 0.335 e. The molecule has 0 aliphatic rings. The third-order valence-electron chi connectivity index (χ3n) is 3.53. The summed E-state index contributed by atoms with van der Waals surface area (Å²) < 4.78 is 6.92. The molecule has 0 fully saturated rings. The van der Waals surface area contributed by atoms with E-state index >= 15 is 0 Å². The Morgan fingerprint density at radius 3 is 2.68 bits per heavy atom. The number of methoxy groups -OCH3 is 1. The number of rotatable bonds is 5. The Kier molecular flexibility index (Phi) is 3.74. The zero-order valence-corrected chi connectivity index (χ0v) is 12.1. The Morgan fingerprint density at radius 1 is 1.23 bits per heavy atom. The van der Waals surface area contributed by atoms with Gasteiger partial charge in [-0.1, -0.05) is 17.3 Å². The zero-order chi connectivity index (χ0) is 15.5. The second kappa shape index (κ2) is 5.85. The molecule has 0 atom stereocenters. The van der Waals surface area contributed by atoms with Gasteiger partial charge in [0.05, 0.1) is 18.2 Å². The summed E-state index contributed by atoms with van der Waals surface area (Å²) in [6.45, 7) is 0.676. The molecule has 0 amide bonds. The Balaban J connectivity index is 1.77. The molecule has 112 valence electrons. The van der Waals surface area contributed by atoms with Crippen molar-refractivity contribution in [1.82, 2.24) is 15.0 Å². The predicted octanol–water partition coefficient (Wildman–Crippen LogP) is 2.38. The highest BCUT2D eigenvalue weighted by molar-refractivity contribution is 5.92. The zero-order valence-electron chi connectivity index (χ0n) is 12.1. The van der Waals surface area contributed by atoms with Crippen LogP contribution in [-0.4, -0.2) is 33.2 Å². The van der Waals surface area contributed by atoms with Crippen LogP contribution in [0.1, 0.15) is 15.9 Å². The molecule has 0 unspecified atom stereocenters. The van der Waals surface area contributed by atoms with Crippen LogP contribution >= 0.6 is 0 Å². The number of carboxylic acids is 1. The highest BCUT2D eigenvalue weighted by Crippen LogP contribution is 2.15. The molecule has 6 nitrogen and oxygen atoms in total. The van der Waals surface area contributed by atoms with Gasteiger partial charge in [-0.15, -0.1) is 5.10 Å². The maximum absolute atomic E-state index is 10.9. The largest absolute Gasteiger partial charge is 0.497 e. The summed E-state index contributed by atoms with van der Waals surface area (Å²) in [4.78, 5) is 10.9. The van der Waals surface area contributed by atoms with Gasteiger partial charge in [-0.25, -0.2) is 9.48 Å². The van der Waals surface area contributed by atoms with Gasteiger partial charge in [-0.3, -0.25) is 0 Å². The molecule has 1 N–H and O–H groups in total. The maximum atomic E-state index is 10.9. The number of nitrogens with zero attached hydrogens (tertiary/aromatic N) is 3. The van der Waals surface area contributed by atoms with Crippen molar-refractivity contribution in [2.75, 3.05) is 7.11 Å². The minimum absolute atomic E-state index is 0.217. The topological polar surface area (TPSA) is 77.2 Å². The average molecular weight is 297 g/mol. The summed E-state index contributed by atoms with van der Waals surface area (Å²) in [5.74, 6) is -0.133. The first-order chi connectivity index (χ1) is 10.7. The number of hydrogen-bond acceptors (Lipinski definition) is 4. The van der Waals surface area contributed by atoms with Crippen LogP contribution in [0.2, 0.25) is 0 Å². The summed E-state index contributed by atoms with van der Waals surface area (Å²) in [7, 11) is 1.64. The van der Waals surface area contributed by atoms with Crippen molar-refractivity contribution in [1.29, 1.82) is 0 Å². The van der Waals surface area contributed by atoms with Crippen molar-refractivity contribution >= 4 is 17.0 Å². The molecule has 0 bridgehead atoms. The van der Waals surface area contributed by atoms with Crippen LogP contribution in [0.5, 0.6) is 5.75 Å². The lowest BCUT2D eigenvalue weighted by atomic mass is 10.1. The molecular formula is C16H15N3O3. The molecule has 3 aromatic rings. The minimum Gasteiger partial charge on any atom is -0.497 e. The molecule has 0 saturated heterocycles. The number of benzene rings is 2. The van der Waals surface area contributed by atoms with Gasteiger partial charge in [0, 0.05) is 6.54 Å². The van der Waals surface area contributed by atoms with E-state index in [1.54, 1.807) is 23.9 Å². The van der Waals surface area contributed by atoms with E-state index < -0.39 is 5.97 Å². The predicted molar refractivity (Wildman–Crippen MR) is 81.2 cm³/mol. The fraction of sp³-hybridized carbons (Fsp3) is 0.188. The monoisotopic (exact) mass is 297 g/mol. The lowest BCUT2D eigenvalue weighted by Crippen LogP contribution is -2.03. The van der Waals surface area contributed by atoms with Gasteiger partial charge in [0.1, 0.15) is 11.3 Å². The molecule has 2 aromatic carbocycles. The Hall–Kier alpha value is -2.89.